The van der Waals surface area contributed by atoms with E-state index in [4.69, 9.17) is 5.73 Å². The van der Waals surface area contributed by atoms with Crippen LogP contribution in [0.2, 0.25) is 0 Å². The lowest BCUT2D eigenvalue weighted by molar-refractivity contribution is 0.180. The van der Waals surface area contributed by atoms with Gasteiger partial charge in [0.05, 0.1) is 11.8 Å². The Morgan fingerprint density at radius 3 is 2.85 bits per heavy atom. The van der Waals surface area contributed by atoms with E-state index in [1.807, 2.05) is 49.4 Å². The second-order valence-electron chi connectivity index (χ2n) is 4.58. The fraction of sp³-hybridized carbons (Fsp3) is 0.188. The number of allylic oxidation sites excluding steroid dienone is 4. The summed E-state index contributed by atoms with van der Waals surface area (Å²) in [5.74, 6) is 0. The van der Waals surface area contributed by atoms with Crippen LogP contribution in [0.1, 0.15) is 25.0 Å². The number of hydrogen-bond acceptors (Lipinski definition) is 2. The lowest BCUT2D eigenvalue weighted by atomic mass is 10.0. The fourth-order valence-electron chi connectivity index (χ4n) is 2.19. The molecule has 1 aliphatic heterocycles. The number of para-hydroxylation sites is 1. The highest BCUT2D eigenvalue weighted by Gasteiger charge is 2.23. The molecule has 4 nitrogen and oxygen atoms in total. The van der Waals surface area contributed by atoms with Gasteiger partial charge in [-0.1, -0.05) is 42.5 Å². The van der Waals surface area contributed by atoms with Crippen molar-refractivity contribution >= 4 is 11.7 Å². The van der Waals surface area contributed by atoms with Crippen molar-refractivity contribution in [1.82, 2.24) is 0 Å². The number of benzene rings is 1. The molecule has 2 amide bonds. The highest BCUT2D eigenvalue weighted by molar-refractivity contribution is 5.94. The molecule has 3 N–H and O–H groups in total. The Labute approximate surface area is 118 Å². The molecule has 2 rings (SSSR count). The summed E-state index contributed by atoms with van der Waals surface area (Å²) in [6, 6.07) is 6.67. The Morgan fingerprint density at radius 2 is 2.15 bits per heavy atom. The van der Waals surface area contributed by atoms with Gasteiger partial charge in [-0.3, -0.25) is 4.90 Å². The van der Waals surface area contributed by atoms with Crippen molar-refractivity contribution in [2.75, 3.05) is 4.90 Å². The first-order valence-electron chi connectivity index (χ1n) is 6.49. The van der Waals surface area contributed by atoms with Crippen LogP contribution in [0.4, 0.5) is 10.5 Å². The Kier molecular flexibility index (Phi) is 4.38. The van der Waals surface area contributed by atoms with Gasteiger partial charge in [0.25, 0.3) is 0 Å². The number of urea groups is 1. The fourth-order valence-corrected chi connectivity index (χ4v) is 2.19. The predicted molar refractivity (Wildman–Crippen MR) is 80.1 cm³/mol. The third kappa shape index (κ3) is 2.97. The van der Waals surface area contributed by atoms with Crippen LogP contribution in [-0.2, 0) is 0 Å². The van der Waals surface area contributed by atoms with E-state index in [0.717, 1.165) is 5.57 Å². The predicted octanol–water partition coefficient (Wildman–Crippen LogP) is 3.03. The van der Waals surface area contributed by atoms with E-state index in [0.29, 0.717) is 17.7 Å². The summed E-state index contributed by atoms with van der Waals surface area (Å²) in [7, 11) is 0. The average molecular weight is 270 g/mol. The Balaban J connectivity index is 2.45. The molecule has 0 fully saturated rings. The largest absolute Gasteiger partial charge is 0.388 e. The van der Waals surface area contributed by atoms with Gasteiger partial charge in [-0.15, -0.1) is 0 Å². The molecule has 0 spiro atoms. The summed E-state index contributed by atoms with van der Waals surface area (Å²) >= 11 is 0. The first-order chi connectivity index (χ1) is 9.63. The smallest absolute Gasteiger partial charge is 0.323 e. The van der Waals surface area contributed by atoms with Crippen molar-refractivity contribution in [2.24, 2.45) is 5.73 Å². The number of fused-ring (bicyclic) bond motifs is 1. The lowest BCUT2D eigenvalue weighted by Crippen LogP contribution is -2.31. The SMILES string of the molecule is C/C=C\C=C/C1=CN(C(N)=O)c2ccccc2C(O)C1. The van der Waals surface area contributed by atoms with Crippen LogP contribution in [0.3, 0.4) is 0 Å². The van der Waals surface area contributed by atoms with Crippen molar-refractivity contribution in [1.29, 1.82) is 0 Å². The van der Waals surface area contributed by atoms with Crippen LogP contribution in [0.25, 0.3) is 0 Å². The van der Waals surface area contributed by atoms with Gasteiger partial charge < -0.3 is 10.8 Å². The average Bonchev–Trinajstić information content (AvgIpc) is 2.57. The van der Waals surface area contributed by atoms with Gasteiger partial charge in [0.2, 0.25) is 0 Å². The van der Waals surface area contributed by atoms with Gasteiger partial charge in [0.1, 0.15) is 0 Å². The summed E-state index contributed by atoms with van der Waals surface area (Å²) in [5, 5.41) is 10.3. The van der Waals surface area contributed by atoms with E-state index in [1.165, 1.54) is 4.90 Å². The van der Waals surface area contributed by atoms with Crippen LogP contribution in [0.15, 0.2) is 60.3 Å². The van der Waals surface area contributed by atoms with Crippen LogP contribution in [0.5, 0.6) is 0 Å². The zero-order valence-corrected chi connectivity index (χ0v) is 11.4. The number of hydrogen-bond donors (Lipinski definition) is 2. The zero-order valence-electron chi connectivity index (χ0n) is 11.4. The molecule has 0 radical (unpaired) electrons. The van der Waals surface area contributed by atoms with Gasteiger partial charge in [0.15, 0.2) is 0 Å². The number of amides is 2. The minimum absolute atomic E-state index is 0.439. The maximum absolute atomic E-state index is 11.6. The molecule has 0 saturated carbocycles. The third-order valence-corrected chi connectivity index (χ3v) is 3.13. The van der Waals surface area contributed by atoms with E-state index in [1.54, 1.807) is 12.3 Å². The summed E-state index contributed by atoms with van der Waals surface area (Å²) < 4.78 is 0. The van der Waals surface area contributed by atoms with Crippen LogP contribution in [0, 0.1) is 0 Å². The molecular formula is C16H18N2O2. The molecular weight excluding hydrogens is 252 g/mol. The first kappa shape index (κ1) is 14.1. The molecule has 4 heteroatoms. The number of carbonyl (C=O) groups excluding carboxylic acids is 1. The van der Waals surface area contributed by atoms with E-state index in [9.17, 15) is 9.90 Å². The molecule has 0 saturated heterocycles. The highest BCUT2D eigenvalue weighted by atomic mass is 16.3. The van der Waals surface area contributed by atoms with E-state index < -0.39 is 12.1 Å². The third-order valence-electron chi connectivity index (χ3n) is 3.13. The topological polar surface area (TPSA) is 66.6 Å². The standard InChI is InChI=1S/C16H18N2O2/c1-2-3-4-7-12-10-15(19)13-8-5-6-9-14(13)18(11-12)16(17)20/h2-9,11,15,19H,10H2,1H3,(H2,17,20)/b3-2-,7-4-. The number of nitrogens with zero attached hydrogens (tertiary/aromatic N) is 1. The monoisotopic (exact) mass is 270 g/mol. The van der Waals surface area contributed by atoms with Crippen molar-refractivity contribution < 1.29 is 9.90 Å². The molecule has 0 aromatic heterocycles. The lowest BCUT2D eigenvalue weighted by Gasteiger charge is -2.18. The molecule has 0 aliphatic carbocycles. The summed E-state index contributed by atoms with van der Waals surface area (Å²) in [5.41, 5.74) is 7.61. The molecule has 1 aliphatic rings. The molecule has 1 atom stereocenters. The molecule has 1 unspecified atom stereocenters. The van der Waals surface area contributed by atoms with Crippen molar-refractivity contribution in [2.45, 2.75) is 19.4 Å². The number of anilines is 1. The number of aliphatic hydroxyl groups is 1. The second-order valence-corrected chi connectivity index (χ2v) is 4.58. The number of aliphatic hydroxyl groups excluding tert-OH is 1. The molecule has 1 aromatic rings. The molecule has 1 aromatic carbocycles. The number of primary amides is 1. The van der Waals surface area contributed by atoms with Crippen LogP contribution >= 0.6 is 0 Å². The maximum atomic E-state index is 11.6. The highest BCUT2D eigenvalue weighted by Crippen LogP contribution is 2.34. The van der Waals surface area contributed by atoms with E-state index >= 15 is 0 Å². The van der Waals surface area contributed by atoms with Gasteiger partial charge in [-0.2, -0.15) is 0 Å². The van der Waals surface area contributed by atoms with Gasteiger partial charge in [-0.05, 0) is 18.6 Å². The number of nitrogens with two attached hydrogens (primary N) is 1. The number of carbonyl (C=O) groups is 1. The molecule has 104 valence electrons. The van der Waals surface area contributed by atoms with E-state index in [-0.39, 0.29) is 0 Å². The minimum atomic E-state index is -0.656. The maximum Gasteiger partial charge on any atom is 0.323 e. The molecule has 1 heterocycles. The van der Waals surface area contributed by atoms with Gasteiger partial charge in [0, 0.05) is 18.2 Å². The van der Waals surface area contributed by atoms with E-state index in [2.05, 4.69) is 0 Å². The van der Waals surface area contributed by atoms with Crippen LogP contribution < -0.4 is 10.6 Å². The number of rotatable bonds is 2. The van der Waals surface area contributed by atoms with Crippen LogP contribution in [-0.4, -0.2) is 11.1 Å². The Hall–Kier alpha value is -2.33. The molecule has 0 bridgehead atoms. The normalized spacial score (nSPS) is 19.0. The molecule has 20 heavy (non-hydrogen) atoms. The summed E-state index contributed by atoms with van der Waals surface area (Å²) in [4.78, 5) is 13.0. The second kappa shape index (κ2) is 6.21. The first-order valence-corrected chi connectivity index (χ1v) is 6.49. The van der Waals surface area contributed by atoms with Gasteiger partial charge >= 0.3 is 6.03 Å². The van der Waals surface area contributed by atoms with Crippen molar-refractivity contribution in [3.8, 4) is 0 Å². The van der Waals surface area contributed by atoms with Crippen molar-refractivity contribution in [3.63, 3.8) is 0 Å². The Morgan fingerprint density at radius 1 is 1.40 bits per heavy atom. The van der Waals surface area contributed by atoms with Gasteiger partial charge in [-0.25, -0.2) is 4.79 Å². The zero-order chi connectivity index (χ0) is 14.5. The Bertz CT molecular complexity index is 588. The summed E-state index contributed by atoms with van der Waals surface area (Å²) in [6.45, 7) is 1.92. The van der Waals surface area contributed by atoms with Crippen molar-refractivity contribution in [3.05, 3.63) is 65.9 Å². The quantitative estimate of drug-likeness (QED) is 0.811. The minimum Gasteiger partial charge on any atom is -0.388 e. The summed E-state index contributed by atoms with van der Waals surface area (Å²) in [6.07, 6.45) is 8.99.